The van der Waals surface area contributed by atoms with Crippen LogP contribution in [0.3, 0.4) is 0 Å². The smallest absolute Gasteiger partial charge is 0.413 e. The monoisotopic (exact) mass is 332 g/mol. The molecule has 6 nitrogen and oxygen atoms in total. The Bertz CT molecular complexity index is 891. The molecule has 120 valence electrons. The number of hydrogen-bond donors (Lipinski definition) is 1. The summed E-state index contributed by atoms with van der Waals surface area (Å²) in [7, 11) is 0. The standard InChI is InChI=1S/C16H17ClN4O2/c1-3-9-21-15(20(4-2)16(22)23)12-10-7-5-6-8-11(10)18-14(17)13(12)19-21/h5-8H,3-4,9H2,1-2H3,(H,22,23). The molecule has 0 saturated heterocycles. The van der Waals surface area contributed by atoms with Crippen molar-refractivity contribution in [2.24, 2.45) is 0 Å². The van der Waals surface area contributed by atoms with Gasteiger partial charge in [-0.1, -0.05) is 36.7 Å². The maximum absolute atomic E-state index is 11.7. The van der Waals surface area contributed by atoms with E-state index in [2.05, 4.69) is 10.1 Å². The van der Waals surface area contributed by atoms with Crippen molar-refractivity contribution in [3.05, 3.63) is 29.4 Å². The number of fused-ring (bicyclic) bond motifs is 3. The summed E-state index contributed by atoms with van der Waals surface area (Å²) in [6.07, 6.45) is -0.176. The molecule has 1 N–H and O–H groups in total. The van der Waals surface area contributed by atoms with Crippen molar-refractivity contribution in [2.45, 2.75) is 26.8 Å². The lowest BCUT2D eigenvalue weighted by atomic mass is 10.1. The van der Waals surface area contributed by atoms with E-state index in [-0.39, 0.29) is 5.15 Å². The van der Waals surface area contributed by atoms with Crippen molar-refractivity contribution >= 4 is 45.3 Å². The van der Waals surface area contributed by atoms with Crippen LogP contribution in [-0.2, 0) is 6.54 Å². The fourth-order valence-electron chi connectivity index (χ4n) is 2.80. The van der Waals surface area contributed by atoms with E-state index in [0.717, 1.165) is 22.7 Å². The van der Waals surface area contributed by atoms with E-state index in [1.54, 1.807) is 11.6 Å². The van der Waals surface area contributed by atoms with Gasteiger partial charge in [0.15, 0.2) is 5.15 Å². The van der Waals surface area contributed by atoms with Crippen molar-refractivity contribution in [1.29, 1.82) is 0 Å². The van der Waals surface area contributed by atoms with Crippen molar-refractivity contribution in [3.8, 4) is 0 Å². The second-order valence-electron chi connectivity index (χ2n) is 5.22. The molecule has 0 spiro atoms. The summed E-state index contributed by atoms with van der Waals surface area (Å²) in [4.78, 5) is 17.4. The number of aryl methyl sites for hydroxylation is 1. The third-order valence-corrected chi connectivity index (χ3v) is 4.01. The van der Waals surface area contributed by atoms with Gasteiger partial charge in [-0.15, -0.1) is 0 Å². The molecular formula is C16H17ClN4O2. The van der Waals surface area contributed by atoms with Crippen LogP contribution in [0.15, 0.2) is 24.3 Å². The molecule has 0 saturated carbocycles. The Morgan fingerprint density at radius 1 is 1.35 bits per heavy atom. The zero-order chi connectivity index (χ0) is 16.6. The molecule has 2 aromatic heterocycles. The highest BCUT2D eigenvalue weighted by molar-refractivity contribution is 6.36. The van der Waals surface area contributed by atoms with Crippen molar-refractivity contribution in [1.82, 2.24) is 14.8 Å². The number of aromatic nitrogens is 3. The van der Waals surface area contributed by atoms with Gasteiger partial charge in [-0.25, -0.2) is 14.5 Å². The molecule has 1 aromatic carbocycles. The third kappa shape index (κ3) is 2.49. The molecule has 1 amide bonds. The number of amides is 1. The van der Waals surface area contributed by atoms with Crippen LogP contribution in [0.5, 0.6) is 0 Å². The highest BCUT2D eigenvalue weighted by atomic mass is 35.5. The number of carboxylic acid groups (broad SMARTS) is 1. The van der Waals surface area contributed by atoms with Gasteiger partial charge < -0.3 is 5.11 Å². The minimum atomic E-state index is -1.01. The van der Waals surface area contributed by atoms with Gasteiger partial charge in [0.1, 0.15) is 11.3 Å². The summed E-state index contributed by atoms with van der Waals surface area (Å²) in [6, 6.07) is 7.55. The predicted octanol–water partition coefficient (Wildman–Crippen LogP) is 4.15. The van der Waals surface area contributed by atoms with Crippen LogP contribution < -0.4 is 4.90 Å². The van der Waals surface area contributed by atoms with E-state index < -0.39 is 6.09 Å². The van der Waals surface area contributed by atoms with E-state index in [9.17, 15) is 9.90 Å². The van der Waals surface area contributed by atoms with Gasteiger partial charge in [0.2, 0.25) is 0 Å². The zero-order valence-corrected chi connectivity index (χ0v) is 13.7. The normalized spacial score (nSPS) is 11.3. The maximum atomic E-state index is 11.7. The van der Waals surface area contributed by atoms with Crippen LogP contribution in [0.4, 0.5) is 10.6 Å². The molecule has 0 radical (unpaired) electrons. The number of pyridine rings is 1. The number of para-hydroxylation sites is 1. The van der Waals surface area contributed by atoms with Crippen LogP contribution in [-0.4, -0.2) is 32.5 Å². The van der Waals surface area contributed by atoms with Gasteiger partial charge in [-0.3, -0.25) is 4.90 Å². The first kappa shape index (κ1) is 15.6. The first-order valence-electron chi connectivity index (χ1n) is 7.53. The Morgan fingerprint density at radius 2 is 2.09 bits per heavy atom. The van der Waals surface area contributed by atoms with E-state index >= 15 is 0 Å². The number of benzene rings is 1. The van der Waals surface area contributed by atoms with Gasteiger partial charge in [0.05, 0.1) is 10.9 Å². The Hall–Kier alpha value is -2.34. The largest absolute Gasteiger partial charge is 0.465 e. The van der Waals surface area contributed by atoms with Crippen molar-refractivity contribution in [3.63, 3.8) is 0 Å². The average molecular weight is 333 g/mol. The molecule has 23 heavy (non-hydrogen) atoms. The first-order valence-corrected chi connectivity index (χ1v) is 7.91. The highest BCUT2D eigenvalue weighted by Gasteiger charge is 2.24. The van der Waals surface area contributed by atoms with E-state index in [4.69, 9.17) is 11.6 Å². The zero-order valence-electron chi connectivity index (χ0n) is 13.0. The van der Waals surface area contributed by atoms with Crippen LogP contribution in [0.2, 0.25) is 5.15 Å². The molecule has 3 aromatic rings. The van der Waals surface area contributed by atoms with Crippen LogP contribution in [0.1, 0.15) is 20.3 Å². The molecule has 0 aliphatic rings. The molecule has 7 heteroatoms. The SMILES string of the molecule is CCCn1nc2c(Cl)nc3ccccc3c2c1N(CC)C(=O)O. The second-order valence-corrected chi connectivity index (χ2v) is 5.57. The van der Waals surface area contributed by atoms with Crippen LogP contribution >= 0.6 is 11.6 Å². The molecule has 0 unspecified atom stereocenters. The average Bonchev–Trinajstić information content (AvgIpc) is 2.89. The van der Waals surface area contributed by atoms with E-state index in [0.29, 0.717) is 24.4 Å². The fourth-order valence-corrected chi connectivity index (χ4v) is 3.03. The Morgan fingerprint density at radius 3 is 2.74 bits per heavy atom. The number of carbonyl (C=O) groups is 1. The van der Waals surface area contributed by atoms with Gasteiger partial charge in [-0.05, 0) is 19.4 Å². The second kappa shape index (κ2) is 6.04. The molecule has 0 bridgehead atoms. The Labute approximate surface area is 138 Å². The number of anilines is 1. The summed E-state index contributed by atoms with van der Waals surface area (Å²) in [6.45, 7) is 4.76. The lowest BCUT2D eigenvalue weighted by Gasteiger charge is -2.19. The van der Waals surface area contributed by atoms with Crippen molar-refractivity contribution in [2.75, 3.05) is 11.4 Å². The summed E-state index contributed by atoms with van der Waals surface area (Å²) in [5.74, 6) is 0.553. The van der Waals surface area contributed by atoms with E-state index in [1.807, 2.05) is 31.2 Å². The quantitative estimate of drug-likeness (QED) is 0.728. The molecule has 0 aliphatic heterocycles. The third-order valence-electron chi connectivity index (χ3n) is 3.75. The summed E-state index contributed by atoms with van der Waals surface area (Å²) in [5.41, 5.74) is 1.26. The lowest BCUT2D eigenvalue weighted by Crippen LogP contribution is -2.31. The van der Waals surface area contributed by atoms with Gasteiger partial charge in [0.25, 0.3) is 0 Å². The predicted molar refractivity (Wildman–Crippen MR) is 91.4 cm³/mol. The van der Waals surface area contributed by atoms with Gasteiger partial charge in [0, 0.05) is 18.5 Å². The number of rotatable bonds is 4. The number of halogens is 1. The molecule has 3 rings (SSSR count). The summed E-state index contributed by atoms with van der Waals surface area (Å²) in [5, 5.41) is 16.0. The molecule has 0 aliphatic carbocycles. The fraction of sp³-hybridized carbons (Fsp3) is 0.312. The Balaban J connectivity index is 2.47. The highest BCUT2D eigenvalue weighted by Crippen LogP contribution is 2.36. The van der Waals surface area contributed by atoms with Gasteiger partial charge >= 0.3 is 6.09 Å². The molecule has 0 atom stereocenters. The molecule has 0 fully saturated rings. The summed E-state index contributed by atoms with van der Waals surface area (Å²) >= 11 is 6.30. The lowest BCUT2D eigenvalue weighted by molar-refractivity contribution is 0.201. The molecule has 2 heterocycles. The van der Waals surface area contributed by atoms with Crippen LogP contribution in [0.25, 0.3) is 21.8 Å². The first-order chi connectivity index (χ1) is 11.1. The van der Waals surface area contributed by atoms with Crippen LogP contribution in [0, 0.1) is 0 Å². The Kier molecular flexibility index (Phi) is 4.09. The molecular weight excluding hydrogens is 316 g/mol. The minimum Gasteiger partial charge on any atom is -0.465 e. The minimum absolute atomic E-state index is 0.288. The topological polar surface area (TPSA) is 71.2 Å². The summed E-state index contributed by atoms with van der Waals surface area (Å²) < 4.78 is 1.71. The van der Waals surface area contributed by atoms with Gasteiger partial charge in [-0.2, -0.15) is 5.10 Å². The number of hydrogen-bond acceptors (Lipinski definition) is 3. The maximum Gasteiger partial charge on any atom is 0.413 e. The van der Waals surface area contributed by atoms with E-state index in [1.165, 1.54) is 4.90 Å². The number of nitrogens with zero attached hydrogens (tertiary/aromatic N) is 4. The van der Waals surface area contributed by atoms with Crippen molar-refractivity contribution < 1.29 is 9.90 Å².